The number of benzene rings is 2. The molecule has 0 saturated carbocycles. The summed E-state index contributed by atoms with van der Waals surface area (Å²) in [6.07, 6.45) is 3.31. The number of carbonyl (C=O) groups is 4. The van der Waals surface area contributed by atoms with E-state index in [0.29, 0.717) is 44.3 Å². The third kappa shape index (κ3) is 11.6. The van der Waals surface area contributed by atoms with Crippen LogP contribution in [-0.4, -0.2) is 123 Å². The molecule has 2 heterocycles. The van der Waals surface area contributed by atoms with Crippen LogP contribution in [-0.2, 0) is 9.47 Å². The molecule has 4 rings (SSSR count). The van der Waals surface area contributed by atoms with Gasteiger partial charge in [-0.1, -0.05) is 43.9 Å². The molecule has 0 spiro atoms. The Labute approximate surface area is 333 Å². The van der Waals surface area contributed by atoms with Gasteiger partial charge in [0.05, 0.1) is 81.8 Å². The first-order chi connectivity index (χ1) is 27.5. The van der Waals surface area contributed by atoms with Gasteiger partial charge in [-0.15, -0.1) is 0 Å². The minimum absolute atomic E-state index is 0.0400. The monoisotopic (exact) mass is 794 g/mol. The van der Waals surface area contributed by atoms with E-state index in [1.54, 1.807) is 0 Å². The lowest BCUT2D eigenvalue weighted by Gasteiger charge is -2.25. The van der Waals surface area contributed by atoms with Crippen LogP contribution < -0.4 is 29.6 Å². The zero-order chi connectivity index (χ0) is 41.5. The Morgan fingerprint density at radius 2 is 1.18 bits per heavy atom. The molecule has 2 atom stereocenters. The van der Waals surface area contributed by atoms with Gasteiger partial charge in [0.15, 0.2) is 23.0 Å². The SMILES string of the molecule is C=CCOC(=O)Nc1cc(OCCCCCOc2cc(NC(=O)OCCC)c(C(=O)N3CC(=C)C[C@H]3CO)cc2OC)c(OC)cc1C(=O)N1CC(=C)C[C@H]1CO. The number of ether oxygens (including phenoxy) is 6. The summed E-state index contributed by atoms with van der Waals surface area (Å²) < 4.78 is 33.5. The second-order valence-electron chi connectivity index (χ2n) is 13.6. The lowest BCUT2D eigenvalue weighted by molar-refractivity contribution is 0.0674. The van der Waals surface area contributed by atoms with Crippen molar-refractivity contribution in [1.82, 2.24) is 9.80 Å². The summed E-state index contributed by atoms with van der Waals surface area (Å²) in [5.74, 6) is 0.293. The highest BCUT2D eigenvalue weighted by Gasteiger charge is 2.34. The van der Waals surface area contributed by atoms with Gasteiger partial charge in [-0.05, 0) is 50.7 Å². The third-order valence-corrected chi connectivity index (χ3v) is 9.28. The topological polar surface area (TPSA) is 195 Å². The van der Waals surface area contributed by atoms with Crippen LogP contribution in [0.5, 0.6) is 23.0 Å². The number of hydrogen-bond acceptors (Lipinski definition) is 12. The summed E-state index contributed by atoms with van der Waals surface area (Å²) in [5, 5.41) is 25.0. The zero-order valence-electron chi connectivity index (χ0n) is 32.9. The molecule has 0 unspecified atom stereocenters. The Kier molecular flexibility index (Phi) is 16.6. The van der Waals surface area contributed by atoms with E-state index in [4.69, 9.17) is 28.4 Å². The number of hydrogen-bond donors (Lipinski definition) is 4. The van der Waals surface area contributed by atoms with Crippen molar-refractivity contribution in [1.29, 1.82) is 0 Å². The van der Waals surface area contributed by atoms with Crippen molar-refractivity contribution >= 4 is 35.4 Å². The first-order valence-corrected chi connectivity index (χ1v) is 18.8. The summed E-state index contributed by atoms with van der Waals surface area (Å²) in [7, 11) is 2.89. The van der Waals surface area contributed by atoms with E-state index in [1.807, 2.05) is 6.92 Å². The van der Waals surface area contributed by atoms with Gasteiger partial charge in [0.2, 0.25) is 0 Å². The normalized spacial score (nSPS) is 16.2. The van der Waals surface area contributed by atoms with Crippen molar-refractivity contribution in [2.24, 2.45) is 0 Å². The number of aliphatic hydroxyl groups is 2. The van der Waals surface area contributed by atoms with Crippen LogP contribution >= 0.6 is 0 Å². The maximum atomic E-state index is 13.7. The maximum Gasteiger partial charge on any atom is 0.411 e. The van der Waals surface area contributed by atoms with Crippen LogP contribution in [0.4, 0.5) is 21.0 Å². The fraction of sp³-hybridized carbons (Fsp3) is 0.463. The summed E-state index contributed by atoms with van der Waals surface area (Å²) in [6.45, 7) is 14.1. The molecule has 57 heavy (non-hydrogen) atoms. The largest absolute Gasteiger partial charge is 0.493 e. The fourth-order valence-electron chi connectivity index (χ4n) is 6.46. The third-order valence-electron chi connectivity index (χ3n) is 9.28. The molecule has 310 valence electrons. The van der Waals surface area contributed by atoms with Crippen molar-refractivity contribution < 1.29 is 57.8 Å². The van der Waals surface area contributed by atoms with Crippen LogP contribution in [0.2, 0.25) is 0 Å². The number of amides is 4. The Hall–Kier alpha value is -5.74. The van der Waals surface area contributed by atoms with E-state index in [9.17, 15) is 29.4 Å². The molecule has 16 nitrogen and oxygen atoms in total. The van der Waals surface area contributed by atoms with E-state index < -0.39 is 36.1 Å². The Morgan fingerprint density at radius 3 is 1.58 bits per heavy atom. The van der Waals surface area contributed by atoms with Gasteiger partial charge < -0.3 is 48.4 Å². The Balaban J connectivity index is 1.42. The van der Waals surface area contributed by atoms with E-state index in [0.717, 1.165) is 11.1 Å². The molecule has 2 aromatic carbocycles. The first kappa shape index (κ1) is 44.0. The minimum Gasteiger partial charge on any atom is -0.493 e. The number of carbonyl (C=O) groups excluding carboxylic acids is 4. The Bertz CT molecular complexity index is 1800. The smallest absolute Gasteiger partial charge is 0.411 e. The number of aliphatic hydroxyl groups excluding tert-OH is 2. The van der Waals surface area contributed by atoms with Crippen molar-refractivity contribution in [2.45, 2.75) is 57.5 Å². The molecular weight excluding hydrogens is 740 g/mol. The number of anilines is 2. The minimum atomic E-state index is -0.796. The number of nitrogens with zero attached hydrogens (tertiary/aromatic N) is 2. The average Bonchev–Trinajstić information content (AvgIpc) is 3.79. The van der Waals surface area contributed by atoms with Gasteiger partial charge in [-0.2, -0.15) is 0 Å². The summed E-state index contributed by atoms with van der Waals surface area (Å²) >= 11 is 0. The molecule has 0 bridgehead atoms. The summed E-state index contributed by atoms with van der Waals surface area (Å²) in [6, 6.07) is 5.11. The highest BCUT2D eigenvalue weighted by Crippen LogP contribution is 2.38. The molecule has 2 fully saturated rings. The molecular formula is C41H54N4O12. The van der Waals surface area contributed by atoms with Gasteiger partial charge in [-0.3, -0.25) is 20.2 Å². The van der Waals surface area contributed by atoms with Gasteiger partial charge in [-0.25, -0.2) is 9.59 Å². The highest BCUT2D eigenvalue weighted by molar-refractivity contribution is 6.05. The fourth-order valence-corrected chi connectivity index (χ4v) is 6.46. The summed E-state index contributed by atoms with van der Waals surface area (Å²) in [5.41, 5.74) is 2.20. The number of likely N-dealkylation sites (tertiary alicyclic amines) is 2. The first-order valence-electron chi connectivity index (χ1n) is 18.8. The van der Waals surface area contributed by atoms with E-state index in [2.05, 4.69) is 30.4 Å². The standard InChI is InChI=1S/C41H54N4O12/c1-7-12-56-40(50)42-32-20-36(34(52-5)18-30(32)38(48)44-22-26(3)16-28(44)24-46)54-14-10-9-11-15-55-37-21-33(43-41(51)57-13-8-2)31(19-35(37)53-6)39(49)45-23-27(4)17-29(45)25-47/h7,18-21,28-29,46-47H,1,3-4,8-17,22-25H2,2,5-6H3,(H,42,50)(H,43,51)/t28-,29-/m0/s1. The zero-order valence-corrected chi connectivity index (χ0v) is 32.9. The van der Waals surface area contributed by atoms with Gasteiger partial charge in [0.1, 0.15) is 6.61 Å². The van der Waals surface area contributed by atoms with Gasteiger partial charge >= 0.3 is 12.2 Å². The Morgan fingerprint density at radius 1 is 0.719 bits per heavy atom. The number of rotatable bonds is 20. The van der Waals surface area contributed by atoms with Crippen molar-refractivity contribution in [2.75, 3.05) is 77.6 Å². The quantitative estimate of drug-likeness (QED) is 0.0966. The van der Waals surface area contributed by atoms with Crippen LogP contribution in [0.25, 0.3) is 0 Å². The predicted octanol–water partition coefficient (Wildman–Crippen LogP) is 5.55. The van der Waals surface area contributed by atoms with Crippen LogP contribution in [0, 0.1) is 0 Å². The van der Waals surface area contributed by atoms with Crippen molar-refractivity contribution in [3.8, 4) is 23.0 Å². The van der Waals surface area contributed by atoms with E-state index >= 15 is 0 Å². The van der Waals surface area contributed by atoms with Crippen molar-refractivity contribution in [3.63, 3.8) is 0 Å². The van der Waals surface area contributed by atoms with Gasteiger partial charge in [0.25, 0.3) is 11.8 Å². The molecule has 0 aromatic heterocycles. The molecule has 4 amide bonds. The molecule has 0 aliphatic carbocycles. The number of methoxy groups -OCH3 is 2. The lowest BCUT2D eigenvalue weighted by atomic mass is 10.1. The van der Waals surface area contributed by atoms with Crippen LogP contribution in [0.1, 0.15) is 66.2 Å². The number of unbranched alkanes of at least 4 members (excludes halogenated alkanes) is 2. The van der Waals surface area contributed by atoms with Gasteiger partial charge in [0, 0.05) is 25.2 Å². The highest BCUT2D eigenvalue weighted by atomic mass is 16.6. The molecule has 2 aromatic rings. The lowest BCUT2D eigenvalue weighted by Crippen LogP contribution is -2.38. The molecule has 2 aliphatic heterocycles. The molecule has 4 N–H and O–H groups in total. The molecule has 2 saturated heterocycles. The summed E-state index contributed by atoms with van der Waals surface area (Å²) in [4.78, 5) is 55.6. The second kappa shape index (κ2) is 21.5. The maximum absolute atomic E-state index is 13.7. The molecule has 16 heteroatoms. The molecule has 0 radical (unpaired) electrons. The van der Waals surface area contributed by atoms with Crippen LogP contribution in [0.3, 0.4) is 0 Å². The predicted molar refractivity (Wildman–Crippen MR) is 213 cm³/mol. The van der Waals surface area contributed by atoms with Crippen molar-refractivity contribution in [3.05, 3.63) is 72.4 Å². The average molecular weight is 795 g/mol. The van der Waals surface area contributed by atoms with E-state index in [1.165, 1.54) is 54.4 Å². The molecule has 2 aliphatic rings. The van der Waals surface area contributed by atoms with Crippen LogP contribution in [0.15, 0.2) is 61.2 Å². The van der Waals surface area contributed by atoms with E-state index in [-0.39, 0.29) is 92.5 Å². The second-order valence-corrected chi connectivity index (χ2v) is 13.6. The number of nitrogens with one attached hydrogen (secondary N) is 2.